The van der Waals surface area contributed by atoms with Gasteiger partial charge in [0.15, 0.2) is 0 Å². The summed E-state index contributed by atoms with van der Waals surface area (Å²) in [5.41, 5.74) is 0. The van der Waals surface area contributed by atoms with Gasteiger partial charge in [-0.15, -0.1) is 11.3 Å². The number of hydrogen-bond donors (Lipinski definition) is 2. The molecule has 0 amide bonds. The van der Waals surface area contributed by atoms with Crippen LogP contribution in [0.3, 0.4) is 0 Å². The number of aliphatic hydroxyl groups excluding tert-OH is 1. The van der Waals surface area contributed by atoms with Crippen molar-refractivity contribution in [1.29, 1.82) is 5.41 Å². The maximum absolute atomic E-state index is 8.50. The van der Waals surface area contributed by atoms with Crippen LogP contribution < -0.4 is 0 Å². The molecule has 4 heteroatoms. The fourth-order valence-corrected chi connectivity index (χ4v) is 1.38. The van der Waals surface area contributed by atoms with Gasteiger partial charge in [-0.3, -0.25) is 0 Å². The van der Waals surface area contributed by atoms with E-state index < -0.39 is 0 Å². The Morgan fingerprint density at radius 1 is 1.60 bits per heavy atom. The van der Waals surface area contributed by atoms with Crippen molar-refractivity contribution in [3.63, 3.8) is 0 Å². The number of nitrogens with one attached hydrogen (secondary N) is 1. The lowest BCUT2D eigenvalue weighted by molar-refractivity contribution is 0.285. The average Bonchev–Trinajstić information content (AvgIpc) is 2.40. The largest absolute Gasteiger partial charge is 0.391 e. The van der Waals surface area contributed by atoms with E-state index in [1.54, 1.807) is 6.07 Å². The summed E-state index contributed by atoms with van der Waals surface area (Å²) in [5.74, 6) is 0. The van der Waals surface area contributed by atoms with E-state index in [2.05, 4.69) is 6.72 Å². The Hall–Kier alpha value is -0.380. The van der Waals surface area contributed by atoms with Crippen LogP contribution in [-0.2, 0) is 6.61 Å². The maximum Gasteiger partial charge on any atom is 0.0932 e. The highest BCUT2D eigenvalue weighted by Gasteiger charge is 1.92. The van der Waals surface area contributed by atoms with E-state index in [4.69, 9.17) is 22.1 Å². The van der Waals surface area contributed by atoms with Gasteiger partial charge in [-0.1, -0.05) is 11.6 Å². The lowest BCUT2D eigenvalue weighted by atomic mass is 10.5. The molecule has 2 nitrogen and oxygen atoms in total. The topological polar surface area (TPSA) is 44.1 Å². The minimum absolute atomic E-state index is 0.0946. The van der Waals surface area contributed by atoms with Crippen LogP contribution in [0, 0.1) is 5.41 Å². The van der Waals surface area contributed by atoms with Crippen molar-refractivity contribution in [2.45, 2.75) is 6.61 Å². The number of thiophene rings is 1. The summed E-state index contributed by atoms with van der Waals surface area (Å²) in [6, 6.07) is 3.59. The molecular weight excluding hydrogens is 170 g/mol. The molecule has 2 N–H and O–H groups in total. The maximum atomic E-state index is 8.50. The van der Waals surface area contributed by atoms with Crippen molar-refractivity contribution in [2.24, 2.45) is 0 Å². The zero-order chi connectivity index (χ0) is 7.98. The van der Waals surface area contributed by atoms with Crippen molar-refractivity contribution in [3.8, 4) is 0 Å². The van der Waals surface area contributed by atoms with E-state index in [1.165, 1.54) is 11.3 Å². The van der Waals surface area contributed by atoms with Crippen LogP contribution in [0.5, 0.6) is 0 Å². The molecule has 0 fully saturated rings. The smallest absolute Gasteiger partial charge is 0.0932 e. The highest BCUT2D eigenvalue weighted by Crippen LogP contribution is 2.20. The standard InChI is InChI=1S/C5H5ClOS.CH3N/c6-5-2-1-4(3-7)8-5;1-2/h1-2,7H,3H2;2H,1H2. The minimum Gasteiger partial charge on any atom is -0.391 e. The molecule has 0 aliphatic carbocycles. The number of hydrogen-bond acceptors (Lipinski definition) is 3. The fourth-order valence-electron chi connectivity index (χ4n) is 0.437. The highest BCUT2D eigenvalue weighted by atomic mass is 35.5. The second-order valence-electron chi connectivity index (χ2n) is 1.36. The van der Waals surface area contributed by atoms with Crippen molar-refractivity contribution in [1.82, 2.24) is 0 Å². The van der Waals surface area contributed by atoms with Gasteiger partial charge in [0.2, 0.25) is 0 Å². The Balaban J connectivity index is 0.000000371. The molecule has 1 heterocycles. The summed E-state index contributed by atoms with van der Waals surface area (Å²) in [5, 5.41) is 14.0. The van der Waals surface area contributed by atoms with E-state index >= 15 is 0 Å². The fraction of sp³-hybridized carbons (Fsp3) is 0.167. The molecule has 0 aliphatic rings. The van der Waals surface area contributed by atoms with Gasteiger partial charge in [0, 0.05) is 4.88 Å². The summed E-state index contributed by atoms with van der Waals surface area (Å²) in [7, 11) is 0. The quantitative estimate of drug-likeness (QED) is 0.635. The zero-order valence-corrected chi connectivity index (χ0v) is 6.87. The normalized spacial score (nSPS) is 8.20. The molecule has 10 heavy (non-hydrogen) atoms. The van der Waals surface area contributed by atoms with Crippen molar-refractivity contribution in [3.05, 3.63) is 21.3 Å². The molecule has 0 aromatic carbocycles. The summed E-state index contributed by atoms with van der Waals surface area (Å²) in [6.45, 7) is 2.59. The van der Waals surface area contributed by atoms with E-state index in [0.29, 0.717) is 0 Å². The monoisotopic (exact) mass is 177 g/mol. The summed E-state index contributed by atoms with van der Waals surface area (Å²) >= 11 is 6.95. The van der Waals surface area contributed by atoms with Gasteiger partial charge < -0.3 is 10.5 Å². The molecule has 1 aromatic heterocycles. The van der Waals surface area contributed by atoms with E-state index in [1.807, 2.05) is 6.07 Å². The van der Waals surface area contributed by atoms with E-state index in [-0.39, 0.29) is 6.61 Å². The van der Waals surface area contributed by atoms with Crippen LogP contribution in [-0.4, -0.2) is 11.8 Å². The molecule has 56 valence electrons. The first-order valence-corrected chi connectivity index (χ1v) is 3.73. The molecule has 0 atom stereocenters. The summed E-state index contributed by atoms with van der Waals surface area (Å²) in [4.78, 5) is 0.912. The van der Waals surface area contributed by atoms with Crippen molar-refractivity contribution in [2.75, 3.05) is 0 Å². The minimum atomic E-state index is 0.0946. The predicted molar refractivity (Wildman–Crippen MR) is 45.1 cm³/mol. The van der Waals surface area contributed by atoms with E-state index in [9.17, 15) is 0 Å². The Morgan fingerprint density at radius 2 is 2.20 bits per heavy atom. The zero-order valence-electron chi connectivity index (χ0n) is 5.30. The third-order valence-corrected chi connectivity index (χ3v) is 2.00. The Morgan fingerprint density at radius 3 is 2.40 bits per heavy atom. The predicted octanol–water partition coefficient (Wildman–Crippen LogP) is 2.16. The molecular formula is C6H8ClNOS. The number of rotatable bonds is 1. The van der Waals surface area contributed by atoms with Crippen LogP contribution >= 0.6 is 22.9 Å². The number of aliphatic hydroxyl groups is 1. The van der Waals surface area contributed by atoms with Crippen molar-refractivity contribution < 1.29 is 5.11 Å². The first-order valence-electron chi connectivity index (χ1n) is 2.53. The Bertz CT molecular complexity index is 190. The molecule has 0 aliphatic heterocycles. The van der Waals surface area contributed by atoms with Gasteiger partial charge in [-0.05, 0) is 18.9 Å². The average molecular weight is 178 g/mol. The molecule has 0 saturated heterocycles. The van der Waals surface area contributed by atoms with Crippen LogP contribution in [0.1, 0.15) is 4.88 Å². The summed E-state index contributed by atoms with van der Waals surface area (Å²) in [6.07, 6.45) is 0. The first kappa shape index (κ1) is 9.62. The molecule has 0 radical (unpaired) electrons. The van der Waals surface area contributed by atoms with E-state index in [0.717, 1.165) is 9.21 Å². The Kier molecular flexibility index (Phi) is 5.20. The second kappa shape index (κ2) is 5.41. The third-order valence-electron chi connectivity index (χ3n) is 0.785. The summed E-state index contributed by atoms with van der Waals surface area (Å²) < 4.78 is 0.731. The van der Waals surface area contributed by atoms with Crippen LogP contribution in [0.2, 0.25) is 4.34 Å². The molecule has 0 spiro atoms. The first-order chi connectivity index (χ1) is 4.83. The van der Waals surface area contributed by atoms with Crippen molar-refractivity contribution >= 4 is 29.7 Å². The molecule has 0 unspecified atom stereocenters. The van der Waals surface area contributed by atoms with Gasteiger partial charge in [-0.25, -0.2) is 0 Å². The molecule has 0 bridgehead atoms. The van der Waals surface area contributed by atoms with Gasteiger partial charge in [0.1, 0.15) is 0 Å². The Labute approximate surface area is 68.6 Å². The molecule has 1 rings (SSSR count). The van der Waals surface area contributed by atoms with Gasteiger partial charge in [-0.2, -0.15) is 0 Å². The molecule has 0 saturated carbocycles. The third kappa shape index (κ3) is 2.96. The lowest BCUT2D eigenvalue weighted by Crippen LogP contribution is -1.69. The number of halogens is 1. The van der Waals surface area contributed by atoms with Crippen LogP contribution in [0.25, 0.3) is 0 Å². The van der Waals surface area contributed by atoms with Crippen LogP contribution in [0.4, 0.5) is 0 Å². The van der Waals surface area contributed by atoms with Gasteiger partial charge in [0.05, 0.1) is 10.9 Å². The highest BCUT2D eigenvalue weighted by molar-refractivity contribution is 7.16. The van der Waals surface area contributed by atoms with Gasteiger partial charge >= 0.3 is 0 Å². The second-order valence-corrected chi connectivity index (χ2v) is 3.16. The van der Waals surface area contributed by atoms with Gasteiger partial charge in [0.25, 0.3) is 0 Å². The van der Waals surface area contributed by atoms with Crippen LogP contribution in [0.15, 0.2) is 12.1 Å². The SMILES string of the molecule is C=N.OCc1ccc(Cl)s1. The lowest BCUT2D eigenvalue weighted by Gasteiger charge is -1.79. The molecule has 1 aromatic rings.